The van der Waals surface area contributed by atoms with Crippen LogP contribution in [0, 0.1) is 22.6 Å². The van der Waals surface area contributed by atoms with Gasteiger partial charge >= 0.3 is 0 Å². The number of benzene rings is 2. The summed E-state index contributed by atoms with van der Waals surface area (Å²) in [6.07, 6.45) is 8.59. The molecule has 1 aliphatic rings. The van der Waals surface area contributed by atoms with Gasteiger partial charge in [-0.2, -0.15) is 5.26 Å². The minimum Gasteiger partial charge on any atom is -0.383 e. The zero-order valence-corrected chi connectivity index (χ0v) is 23.6. The van der Waals surface area contributed by atoms with Gasteiger partial charge in [0, 0.05) is 43.2 Å². The van der Waals surface area contributed by atoms with Gasteiger partial charge < -0.3 is 15.4 Å². The van der Waals surface area contributed by atoms with Crippen LogP contribution in [0.25, 0.3) is 16.6 Å². The second kappa shape index (κ2) is 11.7. The van der Waals surface area contributed by atoms with Gasteiger partial charge in [-0.25, -0.2) is 9.07 Å². The number of ether oxygens (including phenoxy) is 1. The molecule has 0 spiro atoms. The summed E-state index contributed by atoms with van der Waals surface area (Å²) in [4.78, 5) is 8.65. The zero-order valence-electron chi connectivity index (χ0n) is 22.9. The highest BCUT2D eigenvalue weighted by molar-refractivity contribution is 6.35. The van der Waals surface area contributed by atoms with Crippen LogP contribution in [0.2, 0.25) is 5.02 Å². The number of anilines is 2. The first kappa shape index (κ1) is 27.6. The quantitative estimate of drug-likeness (QED) is 0.219. The highest BCUT2D eigenvalue weighted by Gasteiger charge is 2.28. The van der Waals surface area contributed by atoms with Gasteiger partial charge in [0.05, 0.1) is 45.9 Å². The van der Waals surface area contributed by atoms with E-state index in [-0.39, 0.29) is 11.2 Å². The maximum atomic E-state index is 13.9. The molecule has 1 saturated heterocycles. The molecular weight excluding hydrogens is 555 g/mol. The average molecular weight is 583 g/mol. The Balaban J connectivity index is 1.39. The zero-order chi connectivity index (χ0) is 29.1. The van der Waals surface area contributed by atoms with Crippen molar-refractivity contribution in [2.24, 2.45) is 5.41 Å². The van der Waals surface area contributed by atoms with Gasteiger partial charge in [-0.05, 0) is 60.2 Å². The standard InChI is InChI=1S/C31H28ClFN8O/c1-31(8-11-42-12-9-31)19-37-28-21(15-34)16-36-30-25(28)13-23(14-26(30)32)38-29(20-4-6-22(33)7-5-20)27-18-41(40-39-27)24-3-2-10-35-17-24/h2-7,10,13-14,16-18,29,38H,8-9,11-12,19H2,1H3,(H,36,37). The number of fused-ring (bicyclic) bond motifs is 1. The molecule has 3 aromatic heterocycles. The molecule has 212 valence electrons. The maximum Gasteiger partial charge on any atom is 0.123 e. The molecule has 5 aromatic rings. The summed E-state index contributed by atoms with van der Waals surface area (Å²) in [6.45, 7) is 4.34. The molecule has 0 bridgehead atoms. The molecule has 4 heterocycles. The van der Waals surface area contributed by atoms with E-state index < -0.39 is 6.04 Å². The number of hydrogen-bond donors (Lipinski definition) is 2. The Kier molecular flexibility index (Phi) is 7.69. The normalized spacial score (nSPS) is 15.2. The van der Waals surface area contributed by atoms with Crippen LogP contribution in [-0.2, 0) is 4.74 Å². The maximum absolute atomic E-state index is 13.9. The Morgan fingerprint density at radius 1 is 1.17 bits per heavy atom. The van der Waals surface area contributed by atoms with Crippen LogP contribution in [0.3, 0.4) is 0 Å². The lowest BCUT2D eigenvalue weighted by Gasteiger charge is -2.34. The lowest BCUT2D eigenvalue weighted by Crippen LogP contribution is -2.33. The summed E-state index contributed by atoms with van der Waals surface area (Å²) >= 11 is 6.77. The van der Waals surface area contributed by atoms with E-state index >= 15 is 0 Å². The number of rotatable bonds is 8. The second-order valence-corrected chi connectivity index (χ2v) is 11.1. The molecular formula is C31H28ClFN8O. The largest absolute Gasteiger partial charge is 0.383 e. The molecule has 1 atom stereocenters. The van der Waals surface area contributed by atoms with Crippen LogP contribution >= 0.6 is 11.6 Å². The van der Waals surface area contributed by atoms with Crippen molar-refractivity contribution in [3.05, 3.63) is 101 Å². The fraction of sp³-hybridized carbons (Fsp3) is 0.258. The minimum atomic E-state index is -0.491. The molecule has 0 radical (unpaired) electrons. The van der Waals surface area contributed by atoms with Crippen molar-refractivity contribution in [2.75, 3.05) is 30.4 Å². The fourth-order valence-corrected chi connectivity index (χ4v) is 5.40. The molecule has 2 aromatic carbocycles. The van der Waals surface area contributed by atoms with Crippen LogP contribution in [0.4, 0.5) is 15.8 Å². The number of halogens is 2. The van der Waals surface area contributed by atoms with Crippen molar-refractivity contribution >= 4 is 33.9 Å². The first-order chi connectivity index (χ1) is 20.4. The minimum absolute atomic E-state index is 0.0357. The Bertz CT molecular complexity index is 1750. The van der Waals surface area contributed by atoms with Crippen molar-refractivity contribution in [3.63, 3.8) is 0 Å². The van der Waals surface area contributed by atoms with Crippen molar-refractivity contribution < 1.29 is 9.13 Å². The van der Waals surface area contributed by atoms with E-state index in [0.717, 1.165) is 42.7 Å². The lowest BCUT2D eigenvalue weighted by atomic mass is 9.82. The third kappa shape index (κ3) is 5.75. The van der Waals surface area contributed by atoms with Crippen LogP contribution < -0.4 is 10.6 Å². The Hall–Kier alpha value is -4.59. The Morgan fingerprint density at radius 3 is 2.71 bits per heavy atom. The number of pyridine rings is 2. The number of nitrogens with one attached hydrogen (secondary N) is 2. The monoisotopic (exact) mass is 582 g/mol. The van der Waals surface area contributed by atoms with Crippen molar-refractivity contribution in [2.45, 2.75) is 25.8 Å². The van der Waals surface area contributed by atoms with Gasteiger partial charge in [-0.1, -0.05) is 35.9 Å². The molecule has 1 fully saturated rings. The highest BCUT2D eigenvalue weighted by atomic mass is 35.5. The van der Waals surface area contributed by atoms with Gasteiger partial charge in [0.15, 0.2) is 0 Å². The van der Waals surface area contributed by atoms with Crippen LogP contribution in [0.5, 0.6) is 0 Å². The first-order valence-corrected chi connectivity index (χ1v) is 14.0. The fourth-order valence-electron chi connectivity index (χ4n) is 5.14. The summed E-state index contributed by atoms with van der Waals surface area (Å²) in [5.41, 5.74) is 4.55. The van der Waals surface area contributed by atoms with Gasteiger partial charge in [0.25, 0.3) is 0 Å². The summed E-state index contributed by atoms with van der Waals surface area (Å²) in [5.74, 6) is -0.339. The van der Waals surface area contributed by atoms with Crippen molar-refractivity contribution in [1.82, 2.24) is 25.0 Å². The molecule has 0 saturated carbocycles. The smallest absolute Gasteiger partial charge is 0.123 e. The first-order valence-electron chi connectivity index (χ1n) is 13.6. The van der Waals surface area contributed by atoms with E-state index in [9.17, 15) is 9.65 Å². The molecule has 42 heavy (non-hydrogen) atoms. The lowest BCUT2D eigenvalue weighted by molar-refractivity contribution is 0.0300. The summed E-state index contributed by atoms with van der Waals surface area (Å²) in [6, 6.07) is 15.4. The van der Waals surface area contributed by atoms with Gasteiger partial charge in [0.1, 0.15) is 17.6 Å². The number of hydrogen-bond acceptors (Lipinski definition) is 8. The van der Waals surface area contributed by atoms with Gasteiger partial charge in [-0.3, -0.25) is 9.97 Å². The molecule has 6 rings (SSSR count). The van der Waals surface area contributed by atoms with Gasteiger partial charge in [-0.15, -0.1) is 5.10 Å². The van der Waals surface area contributed by atoms with E-state index in [1.54, 1.807) is 47.7 Å². The Morgan fingerprint density at radius 2 is 1.98 bits per heavy atom. The predicted octanol–water partition coefficient (Wildman–Crippen LogP) is 6.30. The molecule has 1 aliphatic heterocycles. The molecule has 11 heteroatoms. The number of nitriles is 1. The van der Waals surface area contributed by atoms with E-state index in [0.29, 0.717) is 39.7 Å². The van der Waals surface area contributed by atoms with Crippen LogP contribution in [0.15, 0.2) is 73.3 Å². The molecule has 0 amide bonds. The third-order valence-electron chi connectivity index (χ3n) is 7.67. The van der Waals surface area contributed by atoms with Crippen molar-refractivity contribution in [1.29, 1.82) is 5.26 Å². The summed E-state index contributed by atoms with van der Waals surface area (Å²) in [7, 11) is 0. The van der Waals surface area contributed by atoms with Gasteiger partial charge in [0.2, 0.25) is 0 Å². The SMILES string of the molecule is CC1(CNc2c(C#N)cnc3c(Cl)cc(NC(c4ccc(F)cc4)c4cn(-c5cccnc5)nn4)cc23)CCOCC1. The molecule has 9 nitrogen and oxygen atoms in total. The van der Waals surface area contributed by atoms with E-state index in [1.807, 2.05) is 18.2 Å². The second-order valence-electron chi connectivity index (χ2n) is 10.7. The van der Waals surface area contributed by atoms with E-state index in [2.05, 4.69) is 43.9 Å². The number of nitrogens with zero attached hydrogens (tertiary/aromatic N) is 6. The average Bonchev–Trinajstić information content (AvgIpc) is 3.50. The number of aromatic nitrogens is 5. The molecule has 1 unspecified atom stereocenters. The topological polar surface area (TPSA) is 114 Å². The Labute approximate surface area is 247 Å². The highest BCUT2D eigenvalue weighted by Crippen LogP contribution is 2.37. The summed E-state index contributed by atoms with van der Waals surface area (Å²) < 4.78 is 21.0. The van der Waals surface area contributed by atoms with E-state index in [4.69, 9.17) is 16.3 Å². The van der Waals surface area contributed by atoms with Crippen molar-refractivity contribution in [3.8, 4) is 11.8 Å². The van der Waals surface area contributed by atoms with Crippen LogP contribution in [0.1, 0.15) is 42.6 Å². The predicted molar refractivity (Wildman–Crippen MR) is 159 cm³/mol. The molecule has 2 N–H and O–H groups in total. The summed E-state index contributed by atoms with van der Waals surface area (Å²) in [5, 5.41) is 26.8. The van der Waals surface area contributed by atoms with Crippen LogP contribution in [-0.4, -0.2) is 44.7 Å². The molecule has 0 aliphatic carbocycles. The van der Waals surface area contributed by atoms with E-state index in [1.165, 1.54) is 12.1 Å². The third-order valence-corrected chi connectivity index (χ3v) is 7.96.